The van der Waals surface area contributed by atoms with Crippen molar-refractivity contribution in [2.75, 3.05) is 13.1 Å². The van der Waals surface area contributed by atoms with Crippen molar-refractivity contribution in [2.45, 2.75) is 52.0 Å². The summed E-state index contributed by atoms with van der Waals surface area (Å²) in [7, 11) is 0. The summed E-state index contributed by atoms with van der Waals surface area (Å²) in [5.41, 5.74) is 7.19. The Morgan fingerprint density at radius 3 is 2.00 bits per heavy atom. The molecule has 2 amide bonds. The molecule has 0 aliphatic carbocycles. The van der Waals surface area contributed by atoms with Crippen LogP contribution in [0, 0.1) is 0 Å². The van der Waals surface area contributed by atoms with Crippen LogP contribution in [0.15, 0.2) is 24.3 Å². The Balaban J connectivity index is 0.00000529. The second-order valence-corrected chi connectivity index (χ2v) is 7.60. The van der Waals surface area contributed by atoms with Crippen LogP contribution in [0.1, 0.15) is 57.0 Å². The molecule has 0 aliphatic heterocycles. The Labute approximate surface area is 151 Å². The van der Waals surface area contributed by atoms with Crippen molar-refractivity contribution in [3.8, 4) is 0 Å². The molecule has 0 radical (unpaired) electrons. The Hall–Kier alpha value is -1.59. The third-order valence-electron chi connectivity index (χ3n) is 3.39. The Bertz CT molecular complexity index is 543. The number of amides is 2. The average Bonchev–Trinajstić information content (AvgIpc) is 2.43. The lowest BCUT2D eigenvalue weighted by Crippen LogP contribution is -2.45. The van der Waals surface area contributed by atoms with Gasteiger partial charge in [-0.3, -0.25) is 9.59 Å². The minimum Gasteiger partial charge on any atom is -0.354 e. The van der Waals surface area contributed by atoms with Gasteiger partial charge in [-0.25, -0.2) is 0 Å². The molecule has 0 unspecified atom stereocenters. The van der Waals surface area contributed by atoms with Crippen molar-refractivity contribution in [2.24, 2.45) is 5.73 Å². The second-order valence-electron chi connectivity index (χ2n) is 7.60. The zero-order chi connectivity index (χ0) is 17.7. The smallest absolute Gasteiger partial charge is 0.251 e. The van der Waals surface area contributed by atoms with E-state index in [1.165, 1.54) is 5.56 Å². The number of nitrogens with two attached hydrogens (primary N) is 1. The minimum absolute atomic E-state index is 0. The maximum absolute atomic E-state index is 12.0. The molecule has 136 valence electrons. The molecule has 1 aromatic rings. The standard InChI is InChI=1S/C18H29N3O2.ClH/c1-17(2,3)14-8-6-13(7-9-14)16(23)20-11-10-15(22)21-12-18(4,5)19;/h6-9H,10-12,19H2,1-5H3,(H,20,23)(H,21,22);1H. The molecule has 0 spiro atoms. The fourth-order valence-corrected chi connectivity index (χ4v) is 1.93. The number of hydrogen-bond acceptors (Lipinski definition) is 3. The lowest BCUT2D eigenvalue weighted by Gasteiger charge is -2.19. The van der Waals surface area contributed by atoms with E-state index in [1.807, 2.05) is 38.1 Å². The molecule has 1 rings (SSSR count). The quantitative estimate of drug-likeness (QED) is 0.732. The molecule has 0 saturated carbocycles. The number of hydrogen-bond donors (Lipinski definition) is 3. The van der Waals surface area contributed by atoms with Gasteiger partial charge < -0.3 is 16.4 Å². The van der Waals surface area contributed by atoms with E-state index in [4.69, 9.17) is 5.73 Å². The van der Waals surface area contributed by atoms with Gasteiger partial charge in [-0.05, 0) is 37.0 Å². The summed E-state index contributed by atoms with van der Waals surface area (Å²) in [5.74, 6) is -0.288. The van der Waals surface area contributed by atoms with Crippen molar-refractivity contribution < 1.29 is 9.59 Å². The molecule has 0 saturated heterocycles. The largest absolute Gasteiger partial charge is 0.354 e. The number of carbonyl (C=O) groups is 2. The van der Waals surface area contributed by atoms with E-state index in [9.17, 15) is 9.59 Å². The molecule has 0 bridgehead atoms. The fraction of sp³-hybridized carbons (Fsp3) is 0.556. The summed E-state index contributed by atoms with van der Waals surface area (Å²) in [4.78, 5) is 23.7. The summed E-state index contributed by atoms with van der Waals surface area (Å²) in [5, 5.41) is 5.50. The number of nitrogens with one attached hydrogen (secondary N) is 2. The Kier molecular flexibility index (Phi) is 8.44. The molecule has 24 heavy (non-hydrogen) atoms. The van der Waals surface area contributed by atoms with Crippen LogP contribution in [-0.4, -0.2) is 30.4 Å². The average molecular weight is 356 g/mol. The zero-order valence-electron chi connectivity index (χ0n) is 15.2. The lowest BCUT2D eigenvalue weighted by molar-refractivity contribution is -0.121. The zero-order valence-corrected chi connectivity index (χ0v) is 16.0. The highest BCUT2D eigenvalue weighted by atomic mass is 35.5. The normalized spacial score (nSPS) is 11.4. The SMILES string of the molecule is CC(C)(N)CNC(=O)CCNC(=O)c1ccc(C(C)(C)C)cc1.Cl. The summed E-state index contributed by atoms with van der Waals surface area (Å²) < 4.78 is 0. The van der Waals surface area contributed by atoms with E-state index in [-0.39, 0.29) is 36.1 Å². The molecule has 6 heteroatoms. The van der Waals surface area contributed by atoms with Crippen molar-refractivity contribution in [1.29, 1.82) is 0 Å². The second kappa shape index (κ2) is 9.04. The van der Waals surface area contributed by atoms with Gasteiger partial charge in [-0.2, -0.15) is 0 Å². The predicted molar refractivity (Wildman–Crippen MR) is 101 cm³/mol. The van der Waals surface area contributed by atoms with Gasteiger partial charge in [0.05, 0.1) is 0 Å². The van der Waals surface area contributed by atoms with Gasteiger partial charge in [-0.15, -0.1) is 12.4 Å². The fourth-order valence-electron chi connectivity index (χ4n) is 1.93. The first kappa shape index (κ1) is 22.4. The van der Waals surface area contributed by atoms with Crippen LogP contribution >= 0.6 is 12.4 Å². The van der Waals surface area contributed by atoms with Gasteiger partial charge in [-0.1, -0.05) is 32.9 Å². The van der Waals surface area contributed by atoms with Crippen molar-refractivity contribution >= 4 is 24.2 Å². The summed E-state index contributed by atoms with van der Waals surface area (Å²) >= 11 is 0. The third kappa shape index (κ3) is 8.31. The number of carbonyl (C=O) groups excluding carboxylic acids is 2. The van der Waals surface area contributed by atoms with E-state index in [0.717, 1.165) is 0 Å². The number of halogens is 1. The van der Waals surface area contributed by atoms with E-state index in [0.29, 0.717) is 18.7 Å². The minimum atomic E-state index is -0.437. The first-order valence-corrected chi connectivity index (χ1v) is 7.93. The number of rotatable bonds is 6. The highest BCUT2D eigenvalue weighted by Gasteiger charge is 2.15. The topological polar surface area (TPSA) is 84.2 Å². The first-order valence-electron chi connectivity index (χ1n) is 7.93. The molecule has 4 N–H and O–H groups in total. The van der Waals surface area contributed by atoms with E-state index in [2.05, 4.69) is 31.4 Å². The van der Waals surface area contributed by atoms with Crippen molar-refractivity contribution in [3.63, 3.8) is 0 Å². The number of benzene rings is 1. The van der Waals surface area contributed by atoms with Crippen LogP contribution in [0.4, 0.5) is 0 Å². The maximum Gasteiger partial charge on any atom is 0.251 e. The van der Waals surface area contributed by atoms with E-state index in [1.54, 1.807) is 0 Å². The summed E-state index contributed by atoms with van der Waals surface area (Å²) in [6.45, 7) is 10.8. The molecule has 0 aromatic heterocycles. The summed E-state index contributed by atoms with van der Waals surface area (Å²) in [6.07, 6.45) is 0.238. The van der Waals surface area contributed by atoms with Crippen LogP contribution in [0.5, 0.6) is 0 Å². The van der Waals surface area contributed by atoms with Crippen molar-refractivity contribution in [3.05, 3.63) is 35.4 Å². The Morgan fingerprint density at radius 1 is 1.00 bits per heavy atom. The van der Waals surface area contributed by atoms with Crippen molar-refractivity contribution in [1.82, 2.24) is 10.6 Å². The van der Waals surface area contributed by atoms with E-state index >= 15 is 0 Å². The molecule has 0 heterocycles. The molecular formula is C18H30ClN3O2. The van der Waals surface area contributed by atoms with Gasteiger partial charge >= 0.3 is 0 Å². The van der Waals surface area contributed by atoms with Gasteiger partial charge in [0.25, 0.3) is 5.91 Å². The van der Waals surface area contributed by atoms with Gasteiger partial charge in [0.1, 0.15) is 0 Å². The van der Waals surface area contributed by atoms with Crippen LogP contribution in [-0.2, 0) is 10.2 Å². The van der Waals surface area contributed by atoms with Gasteiger partial charge in [0, 0.05) is 30.6 Å². The molecule has 0 atom stereocenters. The van der Waals surface area contributed by atoms with Crippen LogP contribution in [0.3, 0.4) is 0 Å². The maximum atomic E-state index is 12.0. The Morgan fingerprint density at radius 2 is 1.54 bits per heavy atom. The highest BCUT2D eigenvalue weighted by Crippen LogP contribution is 2.22. The highest BCUT2D eigenvalue weighted by molar-refractivity contribution is 5.94. The molecule has 5 nitrogen and oxygen atoms in total. The monoisotopic (exact) mass is 355 g/mol. The predicted octanol–water partition coefficient (Wildman–Crippen LogP) is 2.38. The summed E-state index contributed by atoms with van der Waals surface area (Å²) in [6, 6.07) is 7.55. The lowest BCUT2D eigenvalue weighted by atomic mass is 9.87. The van der Waals surface area contributed by atoms with Crippen LogP contribution in [0.25, 0.3) is 0 Å². The molecular weight excluding hydrogens is 326 g/mol. The first-order chi connectivity index (χ1) is 10.5. The van der Waals surface area contributed by atoms with Gasteiger partial charge in [0.2, 0.25) is 5.91 Å². The van der Waals surface area contributed by atoms with Crippen LogP contribution < -0.4 is 16.4 Å². The van der Waals surface area contributed by atoms with Gasteiger partial charge in [0.15, 0.2) is 0 Å². The van der Waals surface area contributed by atoms with E-state index < -0.39 is 5.54 Å². The molecule has 1 aromatic carbocycles. The van der Waals surface area contributed by atoms with Crippen LogP contribution in [0.2, 0.25) is 0 Å². The third-order valence-corrected chi connectivity index (χ3v) is 3.39. The molecule has 0 aliphatic rings. The molecule has 0 fully saturated rings.